The number of hydrogen-bond donors (Lipinski definition) is 2. The van der Waals surface area contributed by atoms with Crippen LogP contribution in [0.3, 0.4) is 0 Å². The zero-order valence-corrected chi connectivity index (χ0v) is 12.1. The Hall–Kier alpha value is -1.51. The molecular formula is C11H14N4O2S2. The number of primary sulfonamides is 1. The van der Waals surface area contributed by atoms with Crippen LogP contribution in [0.25, 0.3) is 0 Å². The van der Waals surface area contributed by atoms with Gasteiger partial charge in [-0.05, 0) is 31.2 Å². The number of aromatic nitrogens is 2. The Balaban J connectivity index is 2.33. The van der Waals surface area contributed by atoms with Crippen LogP contribution in [0.15, 0.2) is 39.1 Å². The van der Waals surface area contributed by atoms with E-state index in [1.807, 2.05) is 20.0 Å². The molecule has 19 heavy (non-hydrogen) atoms. The average Bonchev–Trinajstić information content (AvgIpc) is 2.55. The van der Waals surface area contributed by atoms with Crippen molar-refractivity contribution in [3.63, 3.8) is 0 Å². The number of nitrogens with two attached hydrogens (primary N) is 2. The molecule has 0 amide bonds. The standard InChI is InChI=1S/C11H14N4O2S2/c1-7-5-11(15(2)14-7)18-8-3-4-10(9(12)6-8)19(13,16)17/h3-6H,12H2,1-2H3,(H2,13,16,17). The summed E-state index contributed by atoms with van der Waals surface area (Å²) in [6.45, 7) is 1.91. The third-order valence-electron chi connectivity index (χ3n) is 2.47. The highest BCUT2D eigenvalue weighted by molar-refractivity contribution is 7.99. The normalized spacial score (nSPS) is 11.7. The molecule has 1 heterocycles. The van der Waals surface area contributed by atoms with Gasteiger partial charge in [0.25, 0.3) is 0 Å². The molecule has 4 N–H and O–H groups in total. The molecule has 6 nitrogen and oxygen atoms in total. The van der Waals surface area contributed by atoms with Crippen LogP contribution in [-0.4, -0.2) is 18.2 Å². The molecule has 0 aliphatic carbocycles. The van der Waals surface area contributed by atoms with Crippen LogP contribution in [0.5, 0.6) is 0 Å². The molecule has 1 aromatic carbocycles. The fourth-order valence-corrected chi connectivity index (χ4v) is 3.26. The van der Waals surface area contributed by atoms with E-state index < -0.39 is 10.0 Å². The van der Waals surface area contributed by atoms with E-state index >= 15 is 0 Å². The first-order valence-corrected chi connectivity index (χ1v) is 7.74. The summed E-state index contributed by atoms with van der Waals surface area (Å²) < 4.78 is 24.3. The lowest BCUT2D eigenvalue weighted by Crippen LogP contribution is -2.14. The van der Waals surface area contributed by atoms with Gasteiger partial charge in [0.15, 0.2) is 0 Å². The topological polar surface area (TPSA) is 104 Å². The van der Waals surface area contributed by atoms with Gasteiger partial charge in [-0.3, -0.25) is 4.68 Å². The second kappa shape index (κ2) is 4.87. The summed E-state index contributed by atoms with van der Waals surface area (Å²) in [6, 6.07) is 6.61. The maximum absolute atomic E-state index is 11.3. The summed E-state index contributed by atoms with van der Waals surface area (Å²) in [5.41, 5.74) is 6.77. The first kappa shape index (κ1) is 13.9. The Labute approximate surface area is 115 Å². The molecule has 0 unspecified atom stereocenters. The molecule has 0 bridgehead atoms. The van der Waals surface area contributed by atoms with Crippen molar-refractivity contribution in [2.24, 2.45) is 12.2 Å². The molecule has 0 spiro atoms. The van der Waals surface area contributed by atoms with E-state index in [9.17, 15) is 8.42 Å². The van der Waals surface area contributed by atoms with Gasteiger partial charge in [-0.1, -0.05) is 11.8 Å². The monoisotopic (exact) mass is 298 g/mol. The fourth-order valence-electron chi connectivity index (χ4n) is 1.65. The lowest BCUT2D eigenvalue weighted by atomic mass is 10.3. The number of sulfonamides is 1. The highest BCUT2D eigenvalue weighted by Crippen LogP contribution is 2.31. The molecule has 0 radical (unpaired) electrons. The second-order valence-corrected chi connectivity index (χ2v) is 6.72. The number of aryl methyl sites for hydroxylation is 2. The Morgan fingerprint density at radius 3 is 2.47 bits per heavy atom. The van der Waals surface area contributed by atoms with Crippen molar-refractivity contribution in [1.29, 1.82) is 0 Å². The summed E-state index contributed by atoms with van der Waals surface area (Å²) in [6.07, 6.45) is 0. The number of hydrogen-bond acceptors (Lipinski definition) is 5. The van der Waals surface area contributed by atoms with Gasteiger partial charge in [0.05, 0.1) is 16.4 Å². The van der Waals surface area contributed by atoms with Crippen molar-refractivity contribution in [1.82, 2.24) is 9.78 Å². The summed E-state index contributed by atoms with van der Waals surface area (Å²) in [5, 5.41) is 10.2. The molecule has 0 fully saturated rings. The summed E-state index contributed by atoms with van der Waals surface area (Å²) in [4.78, 5) is 0.769. The van der Waals surface area contributed by atoms with E-state index in [0.29, 0.717) is 0 Å². The van der Waals surface area contributed by atoms with Crippen LogP contribution in [0, 0.1) is 6.92 Å². The summed E-state index contributed by atoms with van der Waals surface area (Å²) >= 11 is 1.45. The third-order valence-corrected chi connectivity index (χ3v) is 4.53. The fraction of sp³-hybridized carbons (Fsp3) is 0.182. The van der Waals surface area contributed by atoms with Gasteiger partial charge < -0.3 is 5.73 Å². The molecule has 0 atom stereocenters. The minimum atomic E-state index is -3.78. The maximum Gasteiger partial charge on any atom is 0.240 e. The highest BCUT2D eigenvalue weighted by atomic mass is 32.2. The number of rotatable bonds is 3. The van der Waals surface area contributed by atoms with Gasteiger partial charge in [0, 0.05) is 11.9 Å². The predicted molar refractivity (Wildman–Crippen MR) is 74.3 cm³/mol. The van der Waals surface area contributed by atoms with Crippen molar-refractivity contribution < 1.29 is 8.42 Å². The van der Waals surface area contributed by atoms with Gasteiger partial charge in [-0.2, -0.15) is 5.10 Å². The predicted octanol–water partition coefficient (Wildman–Crippen LogP) is 1.11. The molecule has 0 saturated carbocycles. The largest absolute Gasteiger partial charge is 0.398 e. The molecule has 2 aromatic rings. The summed E-state index contributed by atoms with van der Waals surface area (Å²) in [5.74, 6) is 0. The van der Waals surface area contributed by atoms with E-state index in [2.05, 4.69) is 5.10 Å². The van der Waals surface area contributed by atoms with E-state index in [1.165, 1.54) is 17.8 Å². The smallest absolute Gasteiger partial charge is 0.240 e. The number of nitrogen functional groups attached to an aromatic ring is 1. The van der Waals surface area contributed by atoms with E-state index in [4.69, 9.17) is 10.9 Å². The quantitative estimate of drug-likeness (QED) is 0.826. The molecule has 102 valence electrons. The van der Waals surface area contributed by atoms with Crippen LogP contribution in [-0.2, 0) is 17.1 Å². The van der Waals surface area contributed by atoms with Crippen LogP contribution >= 0.6 is 11.8 Å². The minimum Gasteiger partial charge on any atom is -0.398 e. The Kier molecular flexibility index (Phi) is 3.57. The zero-order valence-electron chi connectivity index (χ0n) is 10.5. The van der Waals surface area contributed by atoms with Gasteiger partial charge in [-0.15, -0.1) is 0 Å². The first-order chi connectivity index (χ1) is 8.77. The lowest BCUT2D eigenvalue weighted by Gasteiger charge is -2.06. The third kappa shape index (κ3) is 3.09. The number of nitrogens with zero attached hydrogens (tertiary/aromatic N) is 2. The Morgan fingerprint density at radius 1 is 1.32 bits per heavy atom. The van der Waals surface area contributed by atoms with Crippen molar-refractivity contribution in [3.8, 4) is 0 Å². The van der Waals surface area contributed by atoms with E-state index in [0.717, 1.165) is 15.6 Å². The van der Waals surface area contributed by atoms with Crippen LogP contribution < -0.4 is 10.9 Å². The SMILES string of the molecule is Cc1cc(Sc2ccc(S(N)(=O)=O)c(N)c2)n(C)n1. The number of benzene rings is 1. The maximum atomic E-state index is 11.3. The molecule has 0 saturated heterocycles. The van der Waals surface area contributed by atoms with Gasteiger partial charge in [-0.25, -0.2) is 13.6 Å². The van der Waals surface area contributed by atoms with Crippen molar-refractivity contribution in [3.05, 3.63) is 30.0 Å². The van der Waals surface area contributed by atoms with Gasteiger partial charge in [0.1, 0.15) is 4.90 Å². The van der Waals surface area contributed by atoms with Crippen LogP contribution in [0.2, 0.25) is 0 Å². The van der Waals surface area contributed by atoms with E-state index in [-0.39, 0.29) is 10.6 Å². The zero-order chi connectivity index (χ0) is 14.2. The average molecular weight is 298 g/mol. The molecule has 8 heteroatoms. The van der Waals surface area contributed by atoms with Gasteiger partial charge >= 0.3 is 0 Å². The minimum absolute atomic E-state index is 0.0574. The molecular weight excluding hydrogens is 284 g/mol. The second-order valence-electron chi connectivity index (χ2n) is 4.09. The molecule has 1 aromatic heterocycles. The lowest BCUT2D eigenvalue weighted by molar-refractivity contribution is 0.598. The van der Waals surface area contributed by atoms with Crippen LogP contribution in [0.4, 0.5) is 5.69 Å². The van der Waals surface area contributed by atoms with Crippen molar-refractivity contribution in [2.75, 3.05) is 5.73 Å². The van der Waals surface area contributed by atoms with Crippen molar-refractivity contribution in [2.45, 2.75) is 21.7 Å². The van der Waals surface area contributed by atoms with Crippen LogP contribution in [0.1, 0.15) is 5.69 Å². The molecule has 2 rings (SSSR count). The highest BCUT2D eigenvalue weighted by Gasteiger charge is 2.13. The van der Waals surface area contributed by atoms with Gasteiger partial charge in [0.2, 0.25) is 10.0 Å². The van der Waals surface area contributed by atoms with Crippen molar-refractivity contribution >= 4 is 27.5 Å². The first-order valence-electron chi connectivity index (χ1n) is 5.38. The molecule has 0 aliphatic rings. The molecule has 0 aliphatic heterocycles. The Bertz CT molecular complexity index is 722. The Morgan fingerprint density at radius 2 is 2.00 bits per heavy atom. The summed E-state index contributed by atoms with van der Waals surface area (Å²) in [7, 11) is -1.93. The number of anilines is 1. The van der Waals surface area contributed by atoms with E-state index in [1.54, 1.807) is 16.8 Å².